The van der Waals surface area contributed by atoms with Gasteiger partial charge >= 0.3 is 0 Å². The van der Waals surface area contributed by atoms with Crippen molar-refractivity contribution < 1.29 is 14.1 Å². The molecule has 38 heavy (non-hydrogen) atoms. The van der Waals surface area contributed by atoms with E-state index in [1.807, 2.05) is 6.07 Å². The first-order valence-corrected chi connectivity index (χ1v) is 13.4. The second-order valence-corrected chi connectivity index (χ2v) is 10.7. The van der Waals surface area contributed by atoms with Crippen LogP contribution in [0.2, 0.25) is 0 Å². The second-order valence-electron chi connectivity index (χ2n) is 9.69. The molecule has 0 spiro atoms. The third-order valence-electron chi connectivity index (χ3n) is 6.81. The van der Waals surface area contributed by atoms with Gasteiger partial charge in [-0.2, -0.15) is 0 Å². The van der Waals surface area contributed by atoms with Gasteiger partial charge in [0.1, 0.15) is 5.75 Å². The molecule has 3 heterocycles. The predicted octanol–water partition coefficient (Wildman–Crippen LogP) is 5.48. The van der Waals surface area contributed by atoms with Gasteiger partial charge in [-0.3, -0.25) is 20.0 Å². The Bertz CT molecular complexity index is 1420. The van der Waals surface area contributed by atoms with Crippen molar-refractivity contribution in [1.29, 1.82) is 0 Å². The average Bonchev–Trinajstić information content (AvgIpc) is 3.35. The minimum Gasteiger partial charge on any atom is -0.453 e. The van der Waals surface area contributed by atoms with Crippen molar-refractivity contribution in [3.8, 4) is 21.9 Å². The lowest BCUT2D eigenvalue weighted by Gasteiger charge is -2.33. The van der Waals surface area contributed by atoms with Crippen LogP contribution in [-0.2, 0) is 6.54 Å². The molecule has 1 aliphatic rings. The van der Waals surface area contributed by atoms with Crippen LogP contribution in [0.4, 0.5) is 10.1 Å². The zero-order valence-electron chi connectivity index (χ0n) is 21.5. The maximum absolute atomic E-state index is 14.4. The third kappa shape index (κ3) is 6.16. The van der Waals surface area contributed by atoms with Crippen LogP contribution in [0, 0.1) is 15.9 Å². The summed E-state index contributed by atoms with van der Waals surface area (Å²) in [5.74, 6) is -0.401. The SMILES string of the molecule is CN1CCN(CCN(C)Cc2ccc(-c3cc4nccc(Oc5ccc([N+](=O)[O-])cc5F)c4s3)cc2)CC1. The molecule has 2 aromatic carbocycles. The Morgan fingerprint density at radius 2 is 1.84 bits per heavy atom. The summed E-state index contributed by atoms with van der Waals surface area (Å²) < 4.78 is 21.0. The molecule has 2 aromatic heterocycles. The largest absolute Gasteiger partial charge is 0.453 e. The van der Waals surface area contributed by atoms with Crippen molar-refractivity contribution >= 4 is 27.2 Å². The Labute approximate surface area is 225 Å². The molecule has 0 saturated carbocycles. The molecule has 0 atom stereocenters. The lowest BCUT2D eigenvalue weighted by Crippen LogP contribution is -2.46. The van der Waals surface area contributed by atoms with Crippen molar-refractivity contribution in [1.82, 2.24) is 19.7 Å². The maximum atomic E-state index is 14.4. The fourth-order valence-corrected chi connectivity index (χ4v) is 5.56. The summed E-state index contributed by atoms with van der Waals surface area (Å²) >= 11 is 1.52. The van der Waals surface area contributed by atoms with Gasteiger partial charge in [0.2, 0.25) is 0 Å². The smallest absolute Gasteiger partial charge is 0.272 e. The molecule has 0 radical (unpaired) electrons. The van der Waals surface area contributed by atoms with Crippen molar-refractivity contribution in [2.45, 2.75) is 6.54 Å². The van der Waals surface area contributed by atoms with E-state index in [1.165, 1.54) is 29.0 Å². The van der Waals surface area contributed by atoms with Crippen molar-refractivity contribution in [2.75, 3.05) is 53.4 Å². The third-order valence-corrected chi connectivity index (χ3v) is 7.99. The minimum atomic E-state index is -0.787. The van der Waals surface area contributed by atoms with Gasteiger partial charge in [0.25, 0.3) is 5.69 Å². The lowest BCUT2D eigenvalue weighted by molar-refractivity contribution is -0.385. The molecule has 4 aromatic rings. The van der Waals surface area contributed by atoms with E-state index < -0.39 is 10.7 Å². The van der Waals surface area contributed by atoms with E-state index in [0.29, 0.717) is 5.75 Å². The summed E-state index contributed by atoms with van der Waals surface area (Å²) in [7, 11) is 4.34. The highest BCUT2D eigenvalue weighted by atomic mass is 32.1. The number of nitro benzene ring substituents is 1. The summed E-state index contributed by atoms with van der Waals surface area (Å²) in [4.78, 5) is 23.0. The number of hydrogen-bond donors (Lipinski definition) is 0. The second kappa shape index (κ2) is 11.5. The van der Waals surface area contributed by atoms with Gasteiger partial charge < -0.3 is 14.5 Å². The number of fused-ring (bicyclic) bond motifs is 1. The van der Waals surface area contributed by atoms with Crippen LogP contribution in [0.1, 0.15) is 5.56 Å². The standard InChI is InChI=1S/C28H30FN5O3S/c1-31-11-14-33(15-12-31)16-13-32(2)19-20-3-5-21(6-4-20)27-18-24-28(38-27)26(9-10-30-24)37-25-8-7-22(34(35)36)17-23(25)29/h3-10,17-18H,11-16,19H2,1-2H3. The molecule has 1 fully saturated rings. The minimum absolute atomic E-state index is 0.0702. The highest BCUT2D eigenvalue weighted by Crippen LogP contribution is 2.40. The molecule has 10 heteroatoms. The summed E-state index contributed by atoms with van der Waals surface area (Å²) in [5.41, 5.74) is 2.76. The van der Waals surface area contributed by atoms with Crippen LogP contribution in [-0.4, -0.2) is 78.0 Å². The van der Waals surface area contributed by atoms with Crippen LogP contribution < -0.4 is 4.74 Å². The number of ether oxygens (including phenoxy) is 1. The molecule has 1 aliphatic heterocycles. The number of piperazine rings is 1. The van der Waals surface area contributed by atoms with Gasteiger partial charge in [-0.1, -0.05) is 24.3 Å². The summed E-state index contributed by atoms with van der Waals surface area (Å²) in [6.45, 7) is 7.56. The monoisotopic (exact) mass is 535 g/mol. The van der Waals surface area contributed by atoms with Crippen molar-refractivity contribution in [2.24, 2.45) is 0 Å². The highest BCUT2D eigenvalue weighted by molar-refractivity contribution is 7.22. The van der Waals surface area contributed by atoms with Crippen LogP contribution in [0.15, 0.2) is 60.8 Å². The van der Waals surface area contributed by atoms with Crippen LogP contribution in [0.25, 0.3) is 20.7 Å². The van der Waals surface area contributed by atoms with Crippen LogP contribution >= 0.6 is 11.3 Å². The van der Waals surface area contributed by atoms with Gasteiger partial charge in [-0.25, -0.2) is 4.39 Å². The quantitative estimate of drug-likeness (QED) is 0.207. The zero-order chi connectivity index (χ0) is 26.6. The molecule has 0 N–H and O–H groups in total. The first-order valence-electron chi connectivity index (χ1n) is 12.5. The lowest BCUT2D eigenvalue weighted by atomic mass is 10.1. The van der Waals surface area contributed by atoms with Gasteiger partial charge in [-0.15, -0.1) is 11.3 Å². The van der Waals surface area contributed by atoms with E-state index >= 15 is 0 Å². The van der Waals surface area contributed by atoms with E-state index in [4.69, 9.17) is 4.74 Å². The number of halogens is 1. The molecule has 0 aliphatic carbocycles. The molecule has 8 nitrogen and oxygen atoms in total. The van der Waals surface area contributed by atoms with Gasteiger partial charge in [0, 0.05) is 69.0 Å². The Balaban J connectivity index is 1.25. The van der Waals surface area contributed by atoms with E-state index in [-0.39, 0.29) is 11.4 Å². The average molecular weight is 536 g/mol. The Morgan fingerprint density at radius 1 is 1.08 bits per heavy atom. The molecule has 5 rings (SSSR count). The van der Waals surface area contributed by atoms with Crippen LogP contribution in [0.3, 0.4) is 0 Å². The van der Waals surface area contributed by atoms with Crippen molar-refractivity contribution in [3.63, 3.8) is 0 Å². The number of likely N-dealkylation sites (N-methyl/N-ethyl adjacent to an activating group) is 2. The van der Waals surface area contributed by atoms with E-state index in [9.17, 15) is 14.5 Å². The number of nitro groups is 1. The van der Waals surface area contributed by atoms with E-state index in [2.05, 4.69) is 58.0 Å². The summed E-state index contributed by atoms with van der Waals surface area (Å²) in [5, 5.41) is 10.9. The van der Waals surface area contributed by atoms with Gasteiger partial charge in [0.05, 0.1) is 21.2 Å². The molecule has 0 unspecified atom stereocenters. The number of pyridine rings is 1. The number of non-ortho nitro benzene ring substituents is 1. The van der Waals surface area contributed by atoms with Crippen molar-refractivity contribution in [3.05, 3.63) is 82.3 Å². The fourth-order valence-electron chi connectivity index (χ4n) is 4.49. The van der Waals surface area contributed by atoms with E-state index in [1.54, 1.807) is 12.3 Å². The number of hydrogen-bond acceptors (Lipinski definition) is 8. The molecule has 1 saturated heterocycles. The molecular formula is C28H30FN5O3S. The Kier molecular flexibility index (Phi) is 7.94. The topological polar surface area (TPSA) is 75.0 Å². The van der Waals surface area contributed by atoms with Gasteiger partial charge in [0.15, 0.2) is 11.6 Å². The number of rotatable bonds is 9. The zero-order valence-corrected chi connectivity index (χ0v) is 22.3. The number of benzene rings is 2. The van der Waals surface area contributed by atoms with Crippen LogP contribution in [0.5, 0.6) is 11.5 Å². The number of nitrogens with zero attached hydrogens (tertiary/aromatic N) is 5. The summed E-state index contributed by atoms with van der Waals surface area (Å²) in [6, 6.07) is 15.6. The number of thiophene rings is 1. The molecule has 0 bridgehead atoms. The Morgan fingerprint density at radius 3 is 2.55 bits per heavy atom. The molecular weight excluding hydrogens is 505 g/mol. The first-order chi connectivity index (χ1) is 18.4. The normalized spacial score (nSPS) is 14.8. The maximum Gasteiger partial charge on any atom is 0.272 e. The van der Waals surface area contributed by atoms with E-state index in [0.717, 1.165) is 72.5 Å². The molecule has 0 amide bonds. The predicted molar refractivity (Wildman–Crippen MR) is 148 cm³/mol. The molecule has 198 valence electrons. The summed E-state index contributed by atoms with van der Waals surface area (Å²) in [6.07, 6.45) is 1.61. The fraction of sp³-hybridized carbons (Fsp3) is 0.321. The number of aromatic nitrogens is 1. The first kappa shape index (κ1) is 26.2. The van der Waals surface area contributed by atoms with Gasteiger partial charge in [-0.05, 0) is 37.4 Å². The Hall–Kier alpha value is -3.44. The highest BCUT2D eigenvalue weighted by Gasteiger charge is 2.16.